The molecule has 1 N–H and O–H groups in total. The average molecular weight is 678 g/mol. The van der Waals surface area contributed by atoms with Crippen LogP contribution in [0.3, 0.4) is 0 Å². The van der Waals surface area contributed by atoms with E-state index in [1.807, 2.05) is 106 Å². The van der Waals surface area contributed by atoms with Gasteiger partial charge in [0.15, 0.2) is 0 Å². The highest BCUT2D eigenvalue weighted by Gasteiger charge is 2.80. The van der Waals surface area contributed by atoms with Gasteiger partial charge in [-0.3, -0.25) is 14.4 Å². The van der Waals surface area contributed by atoms with Gasteiger partial charge in [0.1, 0.15) is 17.4 Å². The molecule has 3 unspecified atom stereocenters. The second kappa shape index (κ2) is 14.2. The zero-order valence-electron chi connectivity index (χ0n) is 29.1. The van der Waals surface area contributed by atoms with E-state index in [1.54, 1.807) is 22.0 Å². The van der Waals surface area contributed by atoms with Crippen LogP contribution in [0.5, 0.6) is 5.75 Å². The maximum atomic E-state index is 15.1. The van der Waals surface area contributed by atoms with Crippen molar-refractivity contribution in [2.75, 3.05) is 31.2 Å². The maximum absolute atomic E-state index is 15.1. The second-order valence-corrected chi connectivity index (χ2v) is 13.7. The number of aliphatic hydroxyl groups is 1. The molecule has 3 fully saturated rings. The SMILES string of the molecule is C=CCN(Cc1ccccc1)C(=O)C1N([C@H](CO)c2ccccc2)C(=O)[C@@H]2[C@@H](C(=O)N(CC=C)c3ccc(OCC)cc3)[C@]3(C)OC12CC3C. The van der Waals surface area contributed by atoms with Crippen LogP contribution in [-0.2, 0) is 25.7 Å². The van der Waals surface area contributed by atoms with Gasteiger partial charge < -0.3 is 29.3 Å². The molecule has 262 valence electrons. The van der Waals surface area contributed by atoms with Gasteiger partial charge in [0.2, 0.25) is 17.7 Å². The van der Waals surface area contributed by atoms with Crippen molar-refractivity contribution in [2.45, 2.75) is 57.0 Å². The minimum Gasteiger partial charge on any atom is -0.494 e. The summed E-state index contributed by atoms with van der Waals surface area (Å²) in [6.07, 6.45) is 3.74. The third-order valence-corrected chi connectivity index (χ3v) is 10.9. The first-order valence-electron chi connectivity index (χ1n) is 17.4. The number of hydrogen-bond acceptors (Lipinski definition) is 6. The third-order valence-electron chi connectivity index (χ3n) is 10.9. The summed E-state index contributed by atoms with van der Waals surface area (Å²) in [5.74, 6) is -2.29. The van der Waals surface area contributed by atoms with Crippen molar-refractivity contribution in [3.05, 3.63) is 121 Å². The van der Waals surface area contributed by atoms with Crippen molar-refractivity contribution in [2.24, 2.45) is 17.8 Å². The van der Waals surface area contributed by atoms with E-state index in [2.05, 4.69) is 13.2 Å². The summed E-state index contributed by atoms with van der Waals surface area (Å²) in [4.78, 5) is 50.1. The predicted molar refractivity (Wildman–Crippen MR) is 192 cm³/mol. The Labute approximate surface area is 294 Å². The Kier molecular flexibility index (Phi) is 10.0. The van der Waals surface area contributed by atoms with Gasteiger partial charge in [-0.1, -0.05) is 79.7 Å². The summed E-state index contributed by atoms with van der Waals surface area (Å²) in [6.45, 7) is 14.5. The van der Waals surface area contributed by atoms with Crippen LogP contribution in [0.2, 0.25) is 0 Å². The molecule has 0 aliphatic carbocycles. The number of nitrogens with zero attached hydrogens (tertiary/aromatic N) is 3. The summed E-state index contributed by atoms with van der Waals surface area (Å²) in [5.41, 5.74) is -0.0831. The zero-order valence-corrected chi connectivity index (χ0v) is 29.1. The molecule has 1 spiro atoms. The number of amides is 3. The number of likely N-dealkylation sites (tertiary alicyclic amines) is 1. The van der Waals surface area contributed by atoms with E-state index in [0.717, 1.165) is 5.56 Å². The van der Waals surface area contributed by atoms with Gasteiger partial charge in [-0.05, 0) is 61.6 Å². The first kappa shape index (κ1) is 35.1. The van der Waals surface area contributed by atoms with Gasteiger partial charge in [-0.15, -0.1) is 13.2 Å². The minimum absolute atomic E-state index is 0.159. The Balaban J connectivity index is 1.47. The molecule has 2 bridgehead atoms. The minimum atomic E-state index is -1.31. The Hall–Kier alpha value is -4.73. The van der Waals surface area contributed by atoms with Crippen LogP contribution in [0.15, 0.2) is 110 Å². The largest absolute Gasteiger partial charge is 0.494 e. The summed E-state index contributed by atoms with van der Waals surface area (Å²) in [5, 5.41) is 10.9. The fraction of sp³-hybridized carbons (Fsp3) is 0.390. The first-order chi connectivity index (χ1) is 24.1. The highest BCUT2D eigenvalue weighted by atomic mass is 16.5. The normalized spacial score (nSPS) is 27.0. The highest BCUT2D eigenvalue weighted by Crippen LogP contribution is 2.66. The van der Waals surface area contributed by atoms with Gasteiger partial charge in [0.25, 0.3) is 0 Å². The molecule has 0 radical (unpaired) electrons. The van der Waals surface area contributed by atoms with Crippen molar-refractivity contribution < 1.29 is 29.0 Å². The molecule has 3 aliphatic heterocycles. The van der Waals surface area contributed by atoms with Gasteiger partial charge in [-0.2, -0.15) is 0 Å². The number of carbonyl (C=O) groups excluding carboxylic acids is 3. The standard InChI is InChI=1S/C41H47N3O6/c1-6-23-42(26-29-15-11-9-12-16-29)39(48)36-41-25-28(4)40(5,50-41)34(35(41)38(47)44(36)33(27-45)30-17-13-10-14-18-30)37(46)43(24-7-2)31-19-21-32(22-20-31)49-8-3/h6-7,9-22,28,33-36,45H,1-2,8,23-27H2,3-5H3/t28?,33-,34+,35+,36?,40-,41?/m1/s1. The number of hydrogen-bond donors (Lipinski definition) is 1. The molecule has 3 aromatic rings. The molecular weight excluding hydrogens is 630 g/mol. The van der Waals surface area contributed by atoms with Crippen LogP contribution in [0.1, 0.15) is 44.4 Å². The van der Waals surface area contributed by atoms with Crippen molar-refractivity contribution in [3.8, 4) is 5.75 Å². The van der Waals surface area contributed by atoms with Crippen LogP contribution < -0.4 is 9.64 Å². The van der Waals surface area contributed by atoms with E-state index in [9.17, 15) is 9.90 Å². The second-order valence-electron chi connectivity index (χ2n) is 13.7. The van der Waals surface area contributed by atoms with Gasteiger partial charge in [0.05, 0.1) is 36.7 Å². The van der Waals surface area contributed by atoms with E-state index in [-0.39, 0.29) is 36.7 Å². The topological polar surface area (TPSA) is 99.6 Å². The molecule has 6 rings (SSSR count). The van der Waals surface area contributed by atoms with Crippen molar-refractivity contribution in [1.29, 1.82) is 0 Å². The van der Waals surface area contributed by atoms with Crippen molar-refractivity contribution >= 4 is 23.4 Å². The van der Waals surface area contributed by atoms with E-state index >= 15 is 9.59 Å². The lowest BCUT2D eigenvalue weighted by atomic mass is 9.62. The molecule has 3 amide bonds. The number of benzene rings is 3. The zero-order chi connectivity index (χ0) is 35.6. The van der Waals surface area contributed by atoms with E-state index in [1.165, 1.54) is 4.90 Å². The lowest BCUT2D eigenvalue weighted by molar-refractivity contribution is -0.156. The highest BCUT2D eigenvalue weighted by molar-refractivity contribution is 6.03. The molecule has 3 aromatic carbocycles. The molecule has 7 atom stereocenters. The fourth-order valence-corrected chi connectivity index (χ4v) is 8.57. The molecule has 9 heteroatoms. The van der Waals surface area contributed by atoms with E-state index in [4.69, 9.17) is 9.47 Å². The third kappa shape index (κ3) is 5.82. The predicted octanol–water partition coefficient (Wildman–Crippen LogP) is 5.56. The molecule has 50 heavy (non-hydrogen) atoms. The van der Waals surface area contributed by atoms with E-state index in [0.29, 0.717) is 36.6 Å². The molecule has 9 nitrogen and oxygen atoms in total. The van der Waals surface area contributed by atoms with Crippen molar-refractivity contribution in [3.63, 3.8) is 0 Å². The number of aliphatic hydroxyl groups excluding tert-OH is 1. The van der Waals surface area contributed by atoms with Gasteiger partial charge >= 0.3 is 0 Å². The van der Waals surface area contributed by atoms with Crippen LogP contribution in [0.4, 0.5) is 5.69 Å². The Morgan fingerprint density at radius 2 is 1.64 bits per heavy atom. The summed E-state index contributed by atoms with van der Waals surface area (Å²) in [7, 11) is 0. The Morgan fingerprint density at radius 1 is 1.00 bits per heavy atom. The monoisotopic (exact) mass is 677 g/mol. The lowest BCUT2D eigenvalue weighted by Crippen LogP contribution is -2.57. The van der Waals surface area contributed by atoms with Crippen LogP contribution in [0.25, 0.3) is 0 Å². The number of carbonyl (C=O) groups is 3. The first-order valence-corrected chi connectivity index (χ1v) is 17.4. The maximum Gasteiger partial charge on any atom is 0.249 e. The number of anilines is 1. The summed E-state index contributed by atoms with van der Waals surface area (Å²) < 4.78 is 12.7. The summed E-state index contributed by atoms with van der Waals surface area (Å²) >= 11 is 0. The fourth-order valence-electron chi connectivity index (χ4n) is 8.57. The quantitative estimate of drug-likeness (QED) is 0.224. The average Bonchev–Trinajstić information content (AvgIpc) is 3.64. The summed E-state index contributed by atoms with van der Waals surface area (Å²) in [6, 6.07) is 24.2. The molecule has 0 aromatic heterocycles. The molecule has 0 saturated carbocycles. The van der Waals surface area contributed by atoms with Gasteiger partial charge in [-0.25, -0.2) is 0 Å². The van der Waals surface area contributed by atoms with E-state index < -0.39 is 41.7 Å². The molecule has 3 heterocycles. The number of ether oxygens (including phenoxy) is 2. The molecular formula is C41H47N3O6. The number of rotatable bonds is 14. The van der Waals surface area contributed by atoms with Crippen LogP contribution in [0, 0.1) is 17.8 Å². The Bertz CT molecular complexity index is 1720. The van der Waals surface area contributed by atoms with Gasteiger partial charge in [0, 0.05) is 25.3 Å². The van der Waals surface area contributed by atoms with Crippen LogP contribution in [-0.4, -0.2) is 76.2 Å². The molecule has 3 saturated heterocycles. The van der Waals surface area contributed by atoms with Crippen molar-refractivity contribution in [1.82, 2.24) is 9.80 Å². The molecule has 3 aliphatic rings. The smallest absolute Gasteiger partial charge is 0.249 e. The van der Waals surface area contributed by atoms with Crippen LogP contribution >= 0.6 is 0 Å². The Morgan fingerprint density at radius 3 is 2.24 bits per heavy atom. The number of fused-ring (bicyclic) bond motifs is 1. The lowest BCUT2D eigenvalue weighted by Gasteiger charge is -2.39.